The molecule has 1 aliphatic heterocycles. The van der Waals surface area contributed by atoms with E-state index in [1.54, 1.807) is 31.0 Å². The summed E-state index contributed by atoms with van der Waals surface area (Å²) in [7, 11) is 2.88. The van der Waals surface area contributed by atoms with Gasteiger partial charge in [0.15, 0.2) is 0 Å². The number of halogens is 1. The van der Waals surface area contributed by atoms with E-state index in [0.29, 0.717) is 6.42 Å². The average molecular weight is 364 g/mol. The van der Waals surface area contributed by atoms with Crippen molar-refractivity contribution in [1.82, 2.24) is 9.80 Å². The molecule has 6 nitrogen and oxygen atoms in total. The third-order valence-corrected chi connectivity index (χ3v) is 4.99. The van der Waals surface area contributed by atoms with Crippen molar-refractivity contribution in [2.24, 2.45) is 0 Å². The molecular weight excluding hydrogens is 339 g/mol. The van der Waals surface area contributed by atoms with E-state index in [4.69, 9.17) is 0 Å². The fraction of sp³-hybridized carbons (Fsp3) is 0.526. The van der Waals surface area contributed by atoms with Crippen molar-refractivity contribution in [1.29, 1.82) is 0 Å². The predicted octanol–water partition coefficient (Wildman–Crippen LogP) is 2.29. The number of ether oxygens (including phenoxy) is 1. The molecule has 1 fully saturated rings. The maximum atomic E-state index is 13.3. The molecule has 0 N–H and O–H groups in total. The van der Waals surface area contributed by atoms with Crippen molar-refractivity contribution in [2.75, 3.05) is 14.2 Å². The van der Waals surface area contributed by atoms with Gasteiger partial charge in [-0.25, -0.2) is 4.39 Å². The molecule has 0 radical (unpaired) electrons. The van der Waals surface area contributed by atoms with E-state index in [9.17, 15) is 18.8 Å². The van der Waals surface area contributed by atoms with Crippen LogP contribution in [0.4, 0.5) is 4.39 Å². The lowest BCUT2D eigenvalue weighted by molar-refractivity contribution is -0.163. The quantitative estimate of drug-likeness (QED) is 0.727. The van der Waals surface area contributed by atoms with Crippen LogP contribution >= 0.6 is 0 Å². The van der Waals surface area contributed by atoms with Crippen LogP contribution in [0.1, 0.15) is 44.7 Å². The van der Waals surface area contributed by atoms with Gasteiger partial charge in [0.1, 0.15) is 17.9 Å². The fourth-order valence-electron chi connectivity index (χ4n) is 3.35. The number of piperazine rings is 1. The molecule has 1 heterocycles. The van der Waals surface area contributed by atoms with Crippen molar-refractivity contribution in [3.63, 3.8) is 0 Å². The molecule has 1 saturated heterocycles. The lowest BCUT2D eigenvalue weighted by atomic mass is 9.94. The Labute approximate surface area is 152 Å². The van der Waals surface area contributed by atoms with Crippen molar-refractivity contribution in [3.8, 4) is 0 Å². The van der Waals surface area contributed by atoms with Gasteiger partial charge in [-0.2, -0.15) is 0 Å². The zero-order valence-electron chi connectivity index (χ0n) is 15.6. The summed E-state index contributed by atoms with van der Waals surface area (Å²) in [6, 6.07) is 4.22. The minimum Gasteiger partial charge on any atom is -0.469 e. The molecule has 2 amide bonds. The molecule has 3 atom stereocenters. The lowest BCUT2D eigenvalue weighted by Gasteiger charge is -2.46. The maximum absolute atomic E-state index is 13.3. The van der Waals surface area contributed by atoms with Crippen molar-refractivity contribution in [3.05, 3.63) is 35.6 Å². The highest BCUT2D eigenvalue weighted by Gasteiger charge is 2.45. The molecule has 7 heteroatoms. The van der Waals surface area contributed by atoms with Gasteiger partial charge in [-0.15, -0.1) is 0 Å². The first-order valence-electron chi connectivity index (χ1n) is 8.72. The van der Waals surface area contributed by atoms with Gasteiger partial charge in [0.05, 0.1) is 13.2 Å². The topological polar surface area (TPSA) is 66.9 Å². The zero-order valence-corrected chi connectivity index (χ0v) is 15.6. The number of esters is 1. The Morgan fingerprint density at radius 1 is 1.23 bits per heavy atom. The Hall–Kier alpha value is -2.44. The molecule has 1 aliphatic rings. The number of carbonyl (C=O) groups is 3. The van der Waals surface area contributed by atoms with Crippen LogP contribution in [0.2, 0.25) is 0 Å². The first kappa shape index (κ1) is 19.9. The van der Waals surface area contributed by atoms with E-state index < -0.39 is 18.1 Å². The molecule has 0 saturated carbocycles. The summed E-state index contributed by atoms with van der Waals surface area (Å²) in [6.45, 7) is 3.59. The summed E-state index contributed by atoms with van der Waals surface area (Å²) in [5, 5.41) is 0. The fourth-order valence-corrected chi connectivity index (χ4v) is 3.35. The van der Waals surface area contributed by atoms with Gasteiger partial charge in [-0.3, -0.25) is 14.4 Å². The van der Waals surface area contributed by atoms with Crippen LogP contribution in [-0.2, 0) is 19.1 Å². The highest BCUT2D eigenvalue weighted by Crippen LogP contribution is 2.32. The van der Waals surface area contributed by atoms with Crippen LogP contribution in [0.3, 0.4) is 0 Å². The van der Waals surface area contributed by atoms with Crippen molar-refractivity contribution < 1.29 is 23.5 Å². The number of hydrogen-bond donors (Lipinski definition) is 0. The number of amides is 2. The number of nitrogens with zero attached hydrogens (tertiary/aromatic N) is 2. The van der Waals surface area contributed by atoms with Crippen LogP contribution in [0.5, 0.6) is 0 Å². The first-order valence-corrected chi connectivity index (χ1v) is 8.72. The molecule has 1 aromatic rings. The minimum absolute atomic E-state index is 0.0404. The number of likely N-dealkylation sites (N-methyl/N-ethyl adjacent to an activating group) is 1. The van der Waals surface area contributed by atoms with Crippen LogP contribution < -0.4 is 0 Å². The third kappa shape index (κ3) is 3.86. The summed E-state index contributed by atoms with van der Waals surface area (Å²) in [4.78, 5) is 40.3. The Bertz CT molecular complexity index is 677. The van der Waals surface area contributed by atoms with E-state index in [0.717, 1.165) is 5.56 Å². The summed E-state index contributed by atoms with van der Waals surface area (Å²) in [6.07, 6.45) is 0.792. The lowest BCUT2D eigenvalue weighted by Crippen LogP contribution is -2.63. The van der Waals surface area contributed by atoms with E-state index in [1.165, 1.54) is 24.1 Å². The zero-order chi connectivity index (χ0) is 19.4. The second-order valence-electron chi connectivity index (χ2n) is 6.48. The molecule has 0 bridgehead atoms. The SMILES string of the molecule is CCC(c1ccc(F)cc1)N1C(=O)[C@@H](C)N(C)C(=O)[C@@H]1CCC(=O)OC. The predicted molar refractivity (Wildman–Crippen MR) is 93.5 cm³/mol. The smallest absolute Gasteiger partial charge is 0.305 e. The van der Waals surface area contributed by atoms with Crippen LogP contribution in [0.25, 0.3) is 0 Å². The van der Waals surface area contributed by atoms with E-state index in [-0.39, 0.29) is 36.5 Å². The normalized spacial score (nSPS) is 21.7. The maximum Gasteiger partial charge on any atom is 0.305 e. The Balaban J connectivity index is 2.39. The second-order valence-corrected chi connectivity index (χ2v) is 6.48. The largest absolute Gasteiger partial charge is 0.469 e. The summed E-state index contributed by atoms with van der Waals surface area (Å²) in [5.41, 5.74) is 0.759. The van der Waals surface area contributed by atoms with Crippen LogP contribution in [0, 0.1) is 5.82 Å². The van der Waals surface area contributed by atoms with E-state index in [1.807, 2.05) is 6.92 Å². The monoisotopic (exact) mass is 364 g/mol. The van der Waals surface area contributed by atoms with Gasteiger partial charge in [-0.05, 0) is 37.5 Å². The number of methoxy groups -OCH3 is 1. The highest BCUT2D eigenvalue weighted by molar-refractivity contribution is 5.97. The van der Waals surface area contributed by atoms with Gasteiger partial charge in [-0.1, -0.05) is 19.1 Å². The summed E-state index contributed by atoms with van der Waals surface area (Å²) in [5.74, 6) is -1.18. The van der Waals surface area contributed by atoms with Gasteiger partial charge < -0.3 is 14.5 Å². The molecule has 0 spiro atoms. The average Bonchev–Trinajstić information content (AvgIpc) is 2.65. The Morgan fingerprint density at radius 2 is 1.85 bits per heavy atom. The molecule has 0 aliphatic carbocycles. The molecule has 0 aromatic heterocycles. The molecule has 2 rings (SSSR count). The van der Waals surface area contributed by atoms with Crippen molar-refractivity contribution in [2.45, 2.75) is 51.2 Å². The molecule has 26 heavy (non-hydrogen) atoms. The van der Waals surface area contributed by atoms with Gasteiger partial charge in [0.25, 0.3) is 0 Å². The summed E-state index contributed by atoms with van der Waals surface area (Å²) < 4.78 is 17.9. The Morgan fingerprint density at radius 3 is 2.38 bits per heavy atom. The van der Waals surface area contributed by atoms with Gasteiger partial charge in [0.2, 0.25) is 11.8 Å². The van der Waals surface area contributed by atoms with Crippen LogP contribution in [-0.4, -0.2) is 53.8 Å². The Kier molecular flexibility index (Phi) is 6.34. The first-order chi connectivity index (χ1) is 12.3. The molecule has 1 unspecified atom stereocenters. The summed E-state index contributed by atoms with van der Waals surface area (Å²) >= 11 is 0. The third-order valence-electron chi connectivity index (χ3n) is 4.99. The van der Waals surface area contributed by atoms with Gasteiger partial charge in [0, 0.05) is 13.5 Å². The molecule has 1 aromatic carbocycles. The van der Waals surface area contributed by atoms with Crippen LogP contribution in [0.15, 0.2) is 24.3 Å². The second kappa shape index (κ2) is 8.29. The number of rotatable bonds is 6. The standard InChI is InChI=1S/C19H25FN2O4/c1-5-15(13-6-8-14(20)9-7-13)22-16(10-11-17(23)26-4)19(25)21(3)12(2)18(22)24/h6-9,12,15-16H,5,10-11H2,1-4H3/t12-,15?,16+/m1/s1. The van der Waals surface area contributed by atoms with E-state index in [2.05, 4.69) is 4.74 Å². The number of hydrogen-bond acceptors (Lipinski definition) is 4. The number of carbonyl (C=O) groups excluding carboxylic acids is 3. The minimum atomic E-state index is -0.752. The highest BCUT2D eigenvalue weighted by atomic mass is 19.1. The van der Waals surface area contributed by atoms with Crippen molar-refractivity contribution >= 4 is 17.8 Å². The number of benzene rings is 1. The van der Waals surface area contributed by atoms with Gasteiger partial charge >= 0.3 is 5.97 Å². The molecular formula is C19H25FN2O4. The molecule has 142 valence electrons. The van der Waals surface area contributed by atoms with E-state index >= 15 is 0 Å².